The second-order valence-electron chi connectivity index (χ2n) is 7.76. The number of hydrogen-bond acceptors (Lipinski definition) is 5. The van der Waals surface area contributed by atoms with Crippen molar-refractivity contribution < 1.29 is 0 Å². The van der Waals surface area contributed by atoms with Crippen molar-refractivity contribution in [2.45, 2.75) is 39.3 Å². The van der Waals surface area contributed by atoms with Gasteiger partial charge in [0.15, 0.2) is 11.2 Å². The summed E-state index contributed by atoms with van der Waals surface area (Å²) >= 11 is 0. The molecule has 7 heteroatoms. The number of anilines is 2. The van der Waals surface area contributed by atoms with Crippen molar-refractivity contribution >= 4 is 23.1 Å². The fraction of sp³-hybridized carbons (Fsp3) is 0.435. The van der Waals surface area contributed by atoms with Crippen molar-refractivity contribution in [3.63, 3.8) is 0 Å². The van der Waals surface area contributed by atoms with Gasteiger partial charge in [-0.25, -0.2) is 0 Å². The Balaban J connectivity index is 1.80. The zero-order valence-corrected chi connectivity index (χ0v) is 17.9. The lowest BCUT2D eigenvalue weighted by Gasteiger charge is -2.27. The summed E-state index contributed by atoms with van der Waals surface area (Å²) in [6, 6.07) is 10.2. The molecule has 0 spiro atoms. The van der Waals surface area contributed by atoms with Gasteiger partial charge in [-0.3, -0.25) is 13.9 Å². The predicted octanol–water partition coefficient (Wildman–Crippen LogP) is 2.78. The zero-order valence-electron chi connectivity index (χ0n) is 17.9. The molecule has 3 heterocycles. The van der Waals surface area contributed by atoms with Gasteiger partial charge in [0.25, 0.3) is 5.56 Å². The molecule has 30 heavy (non-hydrogen) atoms. The lowest BCUT2D eigenvalue weighted by atomic mass is 10.1. The molecule has 0 radical (unpaired) electrons. The lowest BCUT2D eigenvalue weighted by molar-refractivity contribution is 0.561. The Hall–Kier alpha value is -3.27. The van der Waals surface area contributed by atoms with Crippen LogP contribution in [0.4, 0.5) is 11.9 Å². The number of imidazole rings is 1. The smallest absolute Gasteiger partial charge is 0.281 e. The quantitative estimate of drug-likeness (QED) is 0.612. The van der Waals surface area contributed by atoms with Crippen LogP contribution in [0.15, 0.2) is 35.1 Å². The van der Waals surface area contributed by atoms with Crippen LogP contribution in [0.1, 0.15) is 31.7 Å². The topological polar surface area (TPSA) is 59.2 Å². The maximum atomic E-state index is 13.4. The van der Waals surface area contributed by atoms with Gasteiger partial charge in [-0.1, -0.05) is 36.3 Å². The lowest BCUT2D eigenvalue weighted by Crippen LogP contribution is -2.32. The van der Waals surface area contributed by atoms with Crippen LogP contribution in [-0.2, 0) is 20.1 Å². The van der Waals surface area contributed by atoms with Crippen molar-refractivity contribution in [1.29, 1.82) is 0 Å². The molecule has 0 aliphatic carbocycles. The van der Waals surface area contributed by atoms with Crippen LogP contribution >= 0.6 is 0 Å². The monoisotopic (exact) mass is 404 g/mol. The molecule has 1 aromatic carbocycles. The fourth-order valence-electron chi connectivity index (χ4n) is 4.05. The zero-order chi connectivity index (χ0) is 21.1. The van der Waals surface area contributed by atoms with E-state index in [-0.39, 0.29) is 5.56 Å². The van der Waals surface area contributed by atoms with E-state index >= 15 is 0 Å². The molecule has 0 amide bonds. The molecular formula is C23H28N6O. The van der Waals surface area contributed by atoms with Crippen molar-refractivity contribution in [3.05, 3.63) is 46.2 Å². The van der Waals surface area contributed by atoms with E-state index in [1.807, 2.05) is 41.6 Å². The van der Waals surface area contributed by atoms with Crippen molar-refractivity contribution in [2.24, 2.45) is 7.05 Å². The summed E-state index contributed by atoms with van der Waals surface area (Å²) in [5.74, 6) is 7.45. The fourth-order valence-corrected chi connectivity index (χ4v) is 4.05. The number of nitrogens with zero attached hydrogens (tertiary/aromatic N) is 6. The third kappa shape index (κ3) is 3.78. The molecule has 0 unspecified atom stereocenters. The van der Waals surface area contributed by atoms with Gasteiger partial charge in [0.1, 0.15) is 0 Å². The summed E-state index contributed by atoms with van der Waals surface area (Å²) in [6.07, 6.45) is 3.51. The molecule has 1 fully saturated rings. The van der Waals surface area contributed by atoms with Crippen molar-refractivity contribution in [2.75, 3.05) is 29.9 Å². The predicted molar refractivity (Wildman–Crippen MR) is 121 cm³/mol. The van der Waals surface area contributed by atoms with E-state index in [0.717, 1.165) is 37.4 Å². The van der Waals surface area contributed by atoms with E-state index in [0.29, 0.717) is 30.2 Å². The summed E-state index contributed by atoms with van der Waals surface area (Å²) in [7, 11) is 3.72. The molecule has 1 aliphatic heterocycles. The molecule has 2 aromatic heterocycles. The second kappa shape index (κ2) is 8.62. The maximum Gasteiger partial charge on any atom is 0.281 e. The Morgan fingerprint density at radius 1 is 1.10 bits per heavy atom. The number of piperidine rings is 1. The minimum Gasteiger partial charge on any atom is -0.342 e. The van der Waals surface area contributed by atoms with E-state index < -0.39 is 0 Å². The molecule has 1 aliphatic rings. The first-order valence-electron chi connectivity index (χ1n) is 10.5. The van der Waals surface area contributed by atoms with Crippen LogP contribution in [0, 0.1) is 11.8 Å². The molecule has 0 N–H and O–H groups in total. The molecule has 156 valence electrons. The molecule has 1 saturated heterocycles. The van der Waals surface area contributed by atoms with Gasteiger partial charge >= 0.3 is 0 Å². The highest BCUT2D eigenvalue weighted by Crippen LogP contribution is 2.24. The number of benzene rings is 1. The van der Waals surface area contributed by atoms with Crippen LogP contribution in [0.25, 0.3) is 11.2 Å². The molecule has 4 rings (SSSR count). The van der Waals surface area contributed by atoms with Crippen LogP contribution < -0.4 is 15.4 Å². The molecule has 0 saturated carbocycles. The third-order valence-corrected chi connectivity index (χ3v) is 5.60. The third-order valence-electron chi connectivity index (χ3n) is 5.60. The van der Waals surface area contributed by atoms with E-state index in [1.165, 1.54) is 6.42 Å². The summed E-state index contributed by atoms with van der Waals surface area (Å²) in [5, 5.41) is 0. The highest BCUT2D eigenvalue weighted by Gasteiger charge is 2.23. The van der Waals surface area contributed by atoms with Crippen LogP contribution in [0.3, 0.4) is 0 Å². The Kier molecular flexibility index (Phi) is 5.75. The van der Waals surface area contributed by atoms with Crippen molar-refractivity contribution in [3.8, 4) is 11.8 Å². The van der Waals surface area contributed by atoms with Gasteiger partial charge in [-0.15, -0.1) is 5.92 Å². The second-order valence-corrected chi connectivity index (χ2v) is 7.76. The molecule has 3 aromatic rings. The first kappa shape index (κ1) is 20.0. The van der Waals surface area contributed by atoms with E-state index in [9.17, 15) is 4.79 Å². The van der Waals surface area contributed by atoms with E-state index in [1.54, 1.807) is 11.6 Å². The SMILES string of the molecule is CC#CCn1c(N2CCCCC2)nc2nc(N(C)Cc3ccccc3)n(C)c(=O)c21. The highest BCUT2D eigenvalue weighted by molar-refractivity contribution is 5.76. The Morgan fingerprint density at radius 2 is 1.83 bits per heavy atom. The minimum absolute atomic E-state index is 0.0939. The summed E-state index contributed by atoms with van der Waals surface area (Å²) < 4.78 is 3.55. The van der Waals surface area contributed by atoms with E-state index in [4.69, 9.17) is 9.97 Å². The number of aromatic nitrogens is 4. The van der Waals surface area contributed by atoms with Gasteiger partial charge in [0.05, 0.1) is 6.54 Å². The summed E-state index contributed by atoms with van der Waals surface area (Å²) in [6.45, 7) is 4.81. The van der Waals surface area contributed by atoms with Crippen molar-refractivity contribution in [1.82, 2.24) is 19.1 Å². The summed E-state index contributed by atoms with van der Waals surface area (Å²) in [5.41, 5.74) is 2.08. The van der Waals surface area contributed by atoms with Gasteiger partial charge in [-0.2, -0.15) is 9.97 Å². The highest BCUT2D eigenvalue weighted by atomic mass is 16.1. The molecular weight excluding hydrogens is 376 g/mol. The first-order chi connectivity index (χ1) is 14.6. The largest absolute Gasteiger partial charge is 0.342 e. The molecule has 7 nitrogen and oxygen atoms in total. The van der Waals surface area contributed by atoms with E-state index in [2.05, 4.69) is 28.9 Å². The van der Waals surface area contributed by atoms with Gasteiger partial charge in [-0.05, 0) is 31.7 Å². The Bertz CT molecular complexity index is 1150. The Morgan fingerprint density at radius 3 is 2.53 bits per heavy atom. The standard InChI is InChI=1S/C23H28N6O/c1-4-5-16-29-19-20(25-23(29)28-14-10-7-11-15-28)24-22(27(3)21(19)30)26(2)17-18-12-8-6-9-13-18/h6,8-9,12-13H,7,10-11,14-17H2,1-3H3. The Labute approximate surface area is 177 Å². The van der Waals surface area contributed by atoms with Crippen LogP contribution in [0.5, 0.6) is 0 Å². The van der Waals surface area contributed by atoms with Gasteiger partial charge in [0, 0.05) is 33.7 Å². The van der Waals surface area contributed by atoms with Gasteiger partial charge in [0.2, 0.25) is 11.9 Å². The van der Waals surface area contributed by atoms with Gasteiger partial charge < -0.3 is 9.80 Å². The van der Waals surface area contributed by atoms with Crippen LogP contribution in [-0.4, -0.2) is 39.2 Å². The number of rotatable bonds is 5. The summed E-state index contributed by atoms with van der Waals surface area (Å²) in [4.78, 5) is 27.2. The van der Waals surface area contributed by atoms with Crippen LogP contribution in [0.2, 0.25) is 0 Å². The molecule has 0 atom stereocenters. The average Bonchev–Trinajstić information content (AvgIpc) is 3.14. The first-order valence-corrected chi connectivity index (χ1v) is 10.5. The maximum absolute atomic E-state index is 13.4. The average molecular weight is 405 g/mol. The molecule has 0 bridgehead atoms. The number of hydrogen-bond donors (Lipinski definition) is 0. The number of fused-ring (bicyclic) bond motifs is 1. The minimum atomic E-state index is -0.0939. The normalized spacial score (nSPS) is 13.9.